The van der Waals surface area contributed by atoms with Gasteiger partial charge in [-0.1, -0.05) is 0 Å². The van der Waals surface area contributed by atoms with Gasteiger partial charge in [0.2, 0.25) is 0 Å². The lowest BCUT2D eigenvalue weighted by Gasteiger charge is -2.07. The minimum absolute atomic E-state index is 0.0357. The number of nitro benzene ring substituents is 1. The fourth-order valence-electron chi connectivity index (χ4n) is 1.97. The van der Waals surface area contributed by atoms with Crippen molar-refractivity contribution in [2.24, 2.45) is 7.05 Å². The van der Waals surface area contributed by atoms with Gasteiger partial charge in [-0.15, -0.1) is 0 Å². The molecule has 0 N–H and O–H groups in total. The smallest absolute Gasteiger partial charge is 0.354 e. The molecule has 0 aliphatic rings. The van der Waals surface area contributed by atoms with Crippen molar-refractivity contribution in [1.82, 2.24) is 4.57 Å². The number of hydrogen-bond donors (Lipinski definition) is 0. The Morgan fingerprint density at radius 2 is 1.90 bits per heavy atom. The van der Waals surface area contributed by atoms with E-state index < -0.39 is 4.92 Å². The standard InChI is InChI=1S/C14H14N2O4/c1-3-20-14(17)13-9-8-12(15(13)2)10-4-6-11(7-5-10)16(18)19/h4-9H,3H2,1-2H3. The molecule has 0 fully saturated rings. The minimum Gasteiger partial charge on any atom is -0.461 e. The molecule has 20 heavy (non-hydrogen) atoms. The van der Waals surface area contributed by atoms with E-state index in [0.29, 0.717) is 12.3 Å². The molecule has 0 bridgehead atoms. The van der Waals surface area contributed by atoms with Crippen LogP contribution in [0.2, 0.25) is 0 Å². The van der Waals surface area contributed by atoms with Crippen LogP contribution in [-0.2, 0) is 11.8 Å². The summed E-state index contributed by atoms with van der Waals surface area (Å²) in [5.74, 6) is -0.386. The van der Waals surface area contributed by atoms with E-state index in [4.69, 9.17) is 4.74 Å². The number of carbonyl (C=O) groups is 1. The number of nitrogens with zero attached hydrogens (tertiary/aromatic N) is 2. The Bertz CT molecular complexity index is 644. The summed E-state index contributed by atoms with van der Waals surface area (Å²) >= 11 is 0. The first-order valence-corrected chi connectivity index (χ1v) is 6.12. The van der Waals surface area contributed by atoms with Gasteiger partial charge in [0, 0.05) is 24.9 Å². The highest BCUT2D eigenvalue weighted by molar-refractivity contribution is 5.89. The van der Waals surface area contributed by atoms with Gasteiger partial charge in [-0.3, -0.25) is 10.1 Å². The monoisotopic (exact) mass is 274 g/mol. The third kappa shape index (κ3) is 2.54. The van der Waals surface area contributed by atoms with E-state index >= 15 is 0 Å². The summed E-state index contributed by atoms with van der Waals surface area (Å²) < 4.78 is 6.67. The molecule has 1 aromatic carbocycles. The van der Waals surface area contributed by atoms with Gasteiger partial charge in [0.05, 0.1) is 11.5 Å². The summed E-state index contributed by atoms with van der Waals surface area (Å²) in [4.78, 5) is 21.9. The fourth-order valence-corrected chi connectivity index (χ4v) is 1.97. The van der Waals surface area contributed by atoms with Crippen molar-refractivity contribution >= 4 is 11.7 Å². The first-order valence-electron chi connectivity index (χ1n) is 6.12. The van der Waals surface area contributed by atoms with Crippen molar-refractivity contribution in [3.8, 4) is 11.3 Å². The normalized spacial score (nSPS) is 10.3. The zero-order valence-electron chi connectivity index (χ0n) is 11.2. The molecule has 0 amide bonds. The van der Waals surface area contributed by atoms with Crippen molar-refractivity contribution in [2.75, 3.05) is 6.61 Å². The van der Waals surface area contributed by atoms with E-state index in [-0.39, 0.29) is 11.7 Å². The molecule has 0 aliphatic carbocycles. The van der Waals surface area contributed by atoms with Crippen molar-refractivity contribution in [1.29, 1.82) is 0 Å². The topological polar surface area (TPSA) is 74.4 Å². The maximum atomic E-state index is 11.7. The number of rotatable bonds is 4. The number of non-ortho nitro benzene ring substituents is 1. The van der Waals surface area contributed by atoms with Gasteiger partial charge in [-0.2, -0.15) is 0 Å². The van der Waals surface area contributed by atoms with Gasteiger partial charge in [-0.25, -0.2) is 4.79 Å². The third-order valence-electron chi connectivity index (χ3n) is 2.98. The summed E-state index contributed by atoms with van der Waals surface area (Å²) in [6.45, 7) is 2.06. The van der Waals surface area contributed by atoms with Crippen molar-refractivity contribution in [3.05, 3.63) is 52.2 Å². The van der Waals surface area contributed by atoms with Gasteiger partial charge in [0.1, 0.15) is 5.69 Å². The van der Waals surface area contributed by atoms with Crippen LogP contribution in [0.4, 0.5) is 5.69 Å². The quantitative estimate of drug-likeness (QED) is 0.488. The van der Waals surface area contributed by atoms with Crippen LogP contribution in [0.5, 0.6) is 0 Å². The molecular weight excluding hydrogens is 260 g/mol. The van der Waals surface area contributed by atoms with Crippen LogP contribution in [0, 0.1) is 10.1 Å². The first kappa shape index (κ1) is 13.8. The van der Waals surface area contributed by atoms with E-state index in [2.05, 4.69) is 0 Å². The summed E-state index contributed by atoms with van der Waals surface area (Å²) in [6.07, 6.45) is 0. The van der Waals surface area contributed by atoms with Crippen molar-refractivity contribution in [2.45, 2.75) is 6.92 Å². The van der Waals surface area contributed by atoms with E-state index in [0.717, 1.165) is 11.3 Å². The predicted octanol–water partition coefficient (Wildman–Crippen LogP) is 2.78. The largest absolute Gasteiger partial charge is 0.461 e. The number of ether oxygens (including phenoxy) is 1. The zero-order valence-corrected chi connectivity index (χ0v) is 11.2. The van der Waals surface area contributed by atoms with Gasteiger partial charge < -0.3 is 9.30 Å². The fraction of sp³-hybridized carbons (Fsp3) is 0.214. The lowest BCUT2D eigenvalue weighted by atomic mass is 10.1. The Morgan fingerprint density at radius 3 is 2.45 bits per heavy atom. The Morgan fingerprint density at radius 1 is 1.25 bits per heavy atom. The summed E-state index contributed by atoms with van der Waals surface area (Å²) in [5.41, 5.74) is 2.07. The molecule has 6 heteroatoms. The van der Waals surface area contributed by atoms with Crippen LogP contribution in [0.3, 0.4) is 0 Å². The van der Waals surface area contributed by atoms with E-state index in [1.165, 1.54) is 12.1 Å². The Hall–Kier alpha value is -2.63. The second-order valence-electron chi connectivity index (χ2n) is 4.19. The summed E-state index contributed by atoms with van der Waals surface area (Å²) in [5, 5.41) is 10.6. The highest BCUT2D eigenvalue weighted by atomic mass is 16.6. The van der Waals surface area contributed by atoms with Crippen LogP contribution in [-0.4, -0.2) is 22.1 Å². The maximum Gasteiger partial charge on any atom is 0.354 e. The van der Waals surface area contributed by atoms with Crippen LogP contribution in [0.1, 0.15) is 17.4 Å². The Kier molecular flexibility index (Phi) is 3.84. The molecule has 1 aromatic heterocycles. The number of esters is 1. The SMILES string of the molecule is CCOC(=O)c1ccc(-c2ccc([N+](=O)[O-])cc2)n1C. The molecule has 1 heterocycles. The maximum absolute atomic E-state index is 11.7. The number of aromatic nitrogens is 1. The van der Waals surface area contributed by atoms with E-state index in [1.807, 2.05) is 0 Å². The molecule has 0 spiro atoms. The Balaban J connectivity index is 2.34. The average Bonchev–Trinajstić information content (AvgIpc) is 2.81. The van der Waals surface area contributed by atoms with Crippen LogP contribution in [0.25, 0.3) is 11.3 Å². The molecular formula is C14H14N2O4. The summed E-state index contributed by atoms with van der Waals surface area (Å²) in [7, 11) is 1.75. The van der Waals surface area contributed by atoms with Crippen LogP contribution in [0.15, 0.2) is 36.4 Å². The van der Waals surface area contributed by atoms with Crippen molar-refractivity contribution in [3.63, 3.8) is 0 Å². The molecule has 6 nitrogen and oxygen atoms in total. The minimum atomic E-state index is -0.446. The lowest BCUT2D eigenvalue weighted by molar-refractivity contribution is -0.384. The number of carbonyl (C=O) groups excluding carboxylic acids is 1. The van der Waals surface area contributed by atoms with Gasteiger partial charge in [-0.05, 0) is 36.8 Å². The van der Waals surface area contributed by atoms with Crippen LogP contribution >= 0.6 is 0 Å². The van der Waals surface area contributed by atoms with Gasteiger partial charge in [0.25, 0.3) is 5.69 Å². The van der Waals surface area contributed by atoms with E-state index in [1.54, 1.807) is 42.8 Å². The zero-order chi connectivity index (χ0) is 14.7. The lowest BCUT2D eigenvalue weighted by Crippen LogP contribution is -2.10. The van der Waals surface area contributed by atoms with Crippen molar-refractivity contribution < 1.29 is 14.5 Å². The molecule has 0 unspecified atom stereocenters. The molecule has 0 aliphatic heterocycles. The number of benzene rings is 1. The van der Waals surface area contributed by atoms with E-state index in [9.17, 15) is 14.9 Å². The predicted molar refractivity (Wildman–Crippen MR) is 73.5 cm³/mol. The molecule has 0 saturated carbocycles. The first-order chi connectivity index (χ1) is 9.54. The third-order valence-corrected chi connectivity index (χ3v) is 2.98. The number of nitro groups is 1. The molecule has 0 radical (unpaired) electrons. The summed E-state index contributed by atoms with van der Waals surface area (Å²) in [6, 6.07) is 9.64. The molecule has 2 aromatic rings. The second kappa shape index (κ2) is 5.56. The molecule has 104 valence electrons. The molecule has 0 atom stereocenters. The molecule has 2 rings (SSSR count). The highest BCUT2D eigenvalue weighted by Gasteiger charge is 2.15. The van der Waals surface area contributed by atoms with Crippen LogP contribution < -0.4 is 0 Å². The molecule has 0 saturated heterocycles. The van der Waals surface area contributed by atoms with Gasteiger partial charge in [0.15, 0.2) is 0 Å². The van der Waals surface area contributed by atoms with Gasteiger partial charge >= 0.3 is 5.97 Å². The Labute approximate surface area is 115 Å². The number of hydrogen-bond acceptors (Lipinski definition) is 4. The second-order valence-corrected chi connectivity index (χ2v) is 4.19. The average molecular weight is 274 g/mol. The highest BCUT2D eigenvalue weighted by Crippen LogP contribution is 2.24.